The number of thioether (sulfide) groups is 1. The summed E-state index contributed by atoms with van der Waals surface area (Å²) in [6.45, 7) is 0.674. The Kier molecular flexibility index (Phi) is 5.10. The van der Waals surface area contributed by atoms with Crippen molar-refractivity contribution in [2.45, 2.75) is 44.2 Å². The molecule has 3 N–H and O–H groups in total. The van der Waals surface area contributed by atoms with Crippen LogP contribution in [0.2, 0.25) is 0 Å². The Morgan fingerprint density at radius 1 is 1.37 bits per heavy atom. The lowest BCUT2D eigenvalue weighted by Crippen LogP contribution is -2.50. The third-order valence-corrected chi connectivity index (χ3v) is 5.08. The zero-order valence-electron chi connectivity index (χ0n) is 11.1. The lowest BCUT2D eigenvalue weighted by molar-refractivity contribution is -0.142. The van der Waals surface area contributed by atoms with Crippen molar-refractivity contribution in [1.82, 2.24) is 4.90 Å². The predicted octanol–water partition coefficient (Wildman–Crippen LogP) is 0.923. The van der Waals surface area contributed by atoms with E-state index in [4.69, 9.17) is 10.8 Å². The largest absolute Gasteiger partial charge is 0.481 e. The van der Waals surface area contributed by atoms with E-state index in [1.165, 1.54) is 0 Å². The highest BCUT2D eigenvalue weighted by atomic mass is 32.2. The summed E-state index contributed by atoms with van der Waals surface area (Å²) < 4.78 is 0. The molecule has 0 spiro atoms. The van der Waals surface area contributed by atoms with E-state index in [1.807, 2.05) is 0 Å². The Balaban J connectivity index is 2.00. The summed E-state index contributed by atoms with van der Waals surface area (Å²) in [5, 5.41) is 8.95. The molecule has 1 aliphatic heterocycles. The van der Waals surface area contributed by atoms with Gasteiger partial charge in [0.2, 0.25) is 5.91 Å². The number of nitrogens with two attached hydrogens (primary N) is 1. The first-order chi connectivity index (χ1) is 9.08. The van der Waals surface area contributed by atoms with Crippen molar-refractivity contribution in [2.24, 2.45) is 11.7 Å². The number of amides is 1. The summed E-state index contributed by atoms with van der Waals surface area (Å²) >= 11 is 1.73. The van der Waals surface area contributed by atoms with Crippen molar-refractivity contribution in [3.8, 4) is 0 Å². The quantitative estimate of drug-likeness (QED) is 0.806. The van der Waals surface area contributed by atoms with E-state index in [1.54, 1.807) is 16.7 Å². The number of carboxylic acid groups (broad SMARTS) is 1. The number of carbonyl (C=O) groups excluding carboxylic acids is 1. The third kappa shape index (κ3) is 3.86. The van der Waals surface area contributed by atoms with Crippen LogP contribution in [0.5, 0.6) is 0 Å². The van der Waals surface area contributed by atoms with Crippen molar-refractivity contribution in [3.05, 3.63) is 0 Å². The second kappa shape index (κ2) is 6.61. The van der Waals surface area contributed by atoms with Gasteiger partial charge >= 0.3 is 5.97 Å². The van der Waals surface area contributed by atoms with Crippen LogP contribution < -0.4 is 5.73 Å². The van der Waals surface area contributed by atoms with E-state index in [2.05, 4.69) is 0 Å². The van der Waals surface area contributed by atoms with Crippen LogP contribution in [-0.4, -0.2) is 52.0 Å². The molecule has 6 heteroatoms. The van der Waals surface area contributed by atoms with Gasteiger partial charge in [-0.05, 0) is 19.3 Å². The van der Waals surface area contributed by atoms with E-state index in [9.17, 15) is 9.59 Å². The summed E-state index contributed by atoms with van der Waals surface area (Å²) in [6, 6.07) is -0.0262. The Morgan fingerprint density at radius 3 is 2.84 bits per heavy atom. The SMILES string of the molecule is NC1CCCC(C(=O)N2CCSCC2CC(=O)O)C1. The van der Waals surface area contributed by atoms with E-state index < -0.39 is 5.97 Å². The molecule has 0 aromatic carbocycles. The summed E-state index contributed by atoms with van der Waals surface area (Å²) in [4.78, 5) is 25.3. The number of hydrogen-bond acceptors (Lipinski definition) is 4. The molecular weight excluding hydrogens is 264 g/mol. The van der Waals surface area contributed by atoms with Crippen molar-refractivity contribution in [2.75, 3.05) is 18.1 Å². The fourth-order valence-corrected chi connectivity index (χ4v) is 4.06. The van der Waals surface area contributed by atoms with Gasteiger partial charge in [0.1, 0.15) is 0 Å². The Morgan fingerprint density at radius 2 is 2.16 bits per heavy atom. The molecular formula is C13H22N2O3S. The highest BCUT2D eigenvalue weighted by Gasteiger charge is 2.34. The molecule has 2 fully saturated rings. The van der Waals surface area contributed by atoms with Crippen molar-refractivity contribution < 1.29 is 14.7 Å². The number of aliphatic carboxylic acids is 1. The van der Waals surface area contributed by atoms with E-state index in [0.29, 0.717) is 6.54 Å². The number of rotatable bonds is 3. The van der Waals surface area contributed by atoms with Crippen molar-refractivity contribution >= 4 is 23.6 Å². The van der Waals surface area contributed by atoms with Crippen LogP contribution >= 0.6 is 11.8 Å². The third-order valence-electron chi connectivity index (χ3n) is 3.98. The lowest BCUT2D eigenvalue weighted by atomic mass is 9.85. The maximum absolute atomic E-state index is 12.6. The number of nitrogens with zero attached hydrogens (tertiary/aromatic N) is 1. The molecule has 1 saturated carbocycles. The Hall–Kier alpha value is -0.750. The van der Waals surface area contributed by atoms with Crippen LogP contribution in [0.25, 0.3) is 0 Å². The molecule has 19 heavy (non-hydrogen) atoms. The molecule has 0 aromatic heterocycles. The molecule has 1 aliphatic carbocycles. The zero-order valence-corrected chi connectivity index (χ0v) is 11.9. The van der Waals surface area contributed by atoms with E-state index in [0.717, 1.165) is 37.2 Å². The molecule has 2 aliphatic rings. The van der Waals surface area contributed by atoms with Gasteiger partial charge in [0.15, 0.2) is 0 Å². The van der Waals surface area contributed by atoms with Gasteiger partial charge < -0.3 is 15.7 Å². The minimum absolute atomic E-state index is 0.00291. The van der Waals surface area contributed by atoms with Crippen LogP contribution in [0.4, 0.5) is 0 Å². The summed E-state index contributed by atoms with van der Waals surface area (Å²) in [7, 11) is 0. The monoisotopic (exact) mass is 286 g/mol. The molecule has 3 atom stereocenters. The van der Waals surface area contributed by atoms with Crippen LogP contribution in [0, 0.1) is 5.92 Å². The van der Waals surface area contributed by atoms with Crippen LogP contribution in [0.1, 0.15) is 32.1 Å². The van der Waals surface area contributed by atoms with Gasteiger partial charge in [-0.2, -0.15) is 11.8 Å². The molecule has 1 heterocycles. The molecule has 1 amide bonds. The summed E-state index contributed by atoms with van der Waals surface area (Å²) in [5.41, 5.74) is 5.94. The minimum atomic E-state index is -0.828. The molecule has 3 unspecified atom stereocenters. The predicted molar refractivity (Wildman–Crippen MR) is 75.0 cm³/mol. The van der Waals surface area contributed by atoms with Gasteiger partial charge in [-0.25, -0.2) is 0 Å². The molecule has 0 bridgehead atoms. The fourth-order valence-electron chi connectivity index (χ4n) is 3.00. The van der Waals surface area contributed by atoms with Crippen LogP contribution in [-0.2, 0) is 9.59 Å². The number of carbonyl (C=O) groups is 2. The highest BCUT2D eigenvalue weighted by Crippen LogP contribution is 2.28. The first-order valence-electron chi connectivity index (χ1n) is 6.93. The van der Waals surface area contributed by atoms with E-state index in [-0.39, 0.29) is 30.3 Å². The smallest absolute Gasteiger partial charge is 0.305 e. The van der Waals surface area contributed by atoms with Crippen LogP contribution in [0.15, 0.2) is 0 Å². The standard InChI is InChI=1S/C13H22N2O3S/c14-10-3-1-2-9(6-10)13(18)15-4-5-19-8-11(15)7-12(16)17/h9-11H,1-8,14H2,(H,16,17). The first kappa shape index (κ1) is 14.7. The topological polar surface area (TPSA) is 83.6 Å². The first-order valence-corrected chi connectivity index (χ1v) is 8.09. The van der Waals surface area contributed by atoms with Gasteiger partial charge in [-0.1, -0.05) is 6.42 Å². The second-order valence-corrected chi connectivity index (χ2v) is 6.63. The maximum Gasteiger partial charge on any atom is 0.305 e. The molecule has 108 valence electrons. The van der Waals surface area contributed by atoms with Gasteiger partial charge in [-0.15, -0.1) is 0 Å². The van der Waals surface area contributed by atoms with E-state index >= 15 is 0 Å². The molecule has 5 nitrogen and oxygen atoms in total. The maximum atomic E-state index is 12.6. The van der Waals surface area contributed by atoms with Crippen LogP contribution in [0.3, 0.4) is 0 Å². The number of carboxylic acids is 1. The fraction of sp³-hybridized carbons (Fsp3) is 0.846. The molecule has 1 saturated heterocycles. The second-order valence-electron chi connectivity index (χ2n) is 5.48. The zero-order chi connectivity index (χ0) is 13.8. The average Bonchev–Trinajstić information content (AvgIpc) is 2.38. The average molecular weight is 286 g/mol. The summed E-state index contributed by atoms with van der Waals surface area (Å²) in [6.07, 6.45) is 3.71. The minimum Gasteiger partial charge on any atom is -0.481 e. The van der Waals surface area contributed by atoms with Gasteiger partial charge in [-0.3, -0.25) is 9.59 Å². The normalized spacial score (nSPS) is 32.1. The van der Waals surface area contributed by atoms with Crippen molar-refractivity contribution in [3.63, 3.8) is 0 Å². The summed E-state index contributed by atoms with van der Waals surface area (Å²) in [5.74, 6) is 0.938. The van der Waals surface area contributed by atoms with Gasteiger partial charge in [0.05, 0.1) is 12.5 Å². The highest BCUT2D eigenvalue weighted by molar-refractivity contribution is 7.99. The lowest BCUT2D eigenvalue weighted by Gasteiger charge is -2.38. The van der Waals surface area contributed by atoms with Crippen molar-refractivity contribution in [1.29, 1.82) is 0 Å². The Labute approximate surface area is 117 Å². The molecule has 2 rings (SSSR count). The Bertz CT molecular complexity index is 351. The van der Waals surface area contributed by atoms with Gasteiger partial charge in [0.25, 0.3) is 0 Å². The van der Waals surface area contributed by atoms with Gasteiger partial charge in [0, 0.05) is 30.0 Å². The molecule has 0 aromatic rings. The molecule has 0 radical (unpaired) electrons. The number of hydrogen-bond donors (Lipinski definition) is 2.